The number of nitrogens with zero attached hydrogens (tertiary/aromatic N) is 1. The molecule has 1 aromatic heterocycles. The predicted molar refractivity (Wildman–Crippen MR) is 105 cm³/mol. The number of amides is 4. The minimum absolute atomic E-state index is 0.144. The Balaban J connectivity index is 1.93. The predicted octanol–water partition coefficient (Wildman–Crippen LogP) is 2.18. The molecule has 1 saturated heterocycles. The van der Waals surface area contributed by atoms with Crippen molar-refractivity contribution in [3.63, 3.8) is 0 Å². The topological polar surface area (TPSA) is 135 Å². The average Bonchev–Trinajstić information content (AvgIpc) is 3.21. The fraction of sp³-hybridized carbons (Fsp3) is 0.158. The quantitative estimate of drug-likeness (QED) is 0.456. The number of barbiturate groups is 1. The van der Waals surface area contributed by atoms with Crippen LogP contribution in [-0.2, 0) is 20.9 Å². The lowest BCUT2D eigenvalue weighted by molar-refractivity contribution is -0.139. The van der Waals surface area contributed by atoms with Crippen molar-refractivity contribution >= 4 is 45.8 Å². The third kappa shape index (κ3) is 4.51. The van der Waals surface area contributed by atoms with Gasteiger partial charge in [0.25, 0.3) is 11.8 Å². The largest absolute Gasteiger partial charge is 0.493 e. The van der Waals surface area contributed by atoms with Crippen molar-refractivity contribution < 1.29 is 38.2 Å². The highest BCUT2D eigenvalue weighted by molar-refractivity contribution is 9.10. The molecule has 4 amide bonds. The number of carbonyl (C=O) groups is 4. The van der Waals surface area contributed by atoms with Crippen LogP contribution in [0.2, 0.25) is 0 Å². The molecule has 0 saturated carbocycles. The molecule has 10 nitrogen and oxygen atoms in total. The van der Waals surface area contributed by atoms with Crippen LogP contribution in [0, 0.1) is 0 Å². The lowest BCUT2D eigenvalue weighted by Crippen LogP contribution is -2.53. The van der Waals surface area contributed by atoms with Crippen LogP contribution >= 0.6 is 15.9 Å². The second-order valence-corrected chi connectivity index (χ2v) is 6.85. The van der Waals surface area contributed by atoms with Crippen molar-refractivity contribution in [2.75, 3.05) is 13.7 Å². The summed E-state index contributed by atoms with van der Waals surface area (Å²) in [6.07, 6.45) is 2.69. The Morgan fingerprint density at radius 1 is 1.30 bits per heavy atom. The van der Waals surface area contributed by atoms with Gasteiger partial charge in [0.05, 0.1) is 19.9 Å². The number of carbonyl (C=O) groups excluding carboxylic acids is 3. The Morgan fingerprint density at radius 2 is 2.07 bits per heavy atom. The first kappa shape index (κ1) is 21.1. The zero-order valence-corrected chi connectivity index (χ0v) is 17.1. The van der Waals surface area contributed by atoms with Crippen molar-refractivity contribution in [2.45, 2.75) is 6.54 Å². The molecule has 1 aliphatic heterocycles. The lowest BCUT2D eigenvalue weighted by atomic mass is 10.1. The second kappa shape index (κ2) is 8.82. The molecular formula is C19H15BrN2O8. The number of rotatable bonds is 7. The number of nitrogens with one attached hydrogen (secondary N) is 1. The van der Waals surface area contributed by atoms with Crippen LogP contribution < -0.4 is 14.8 Å². The van der Waals surface area contributed by atoms with Crippen molar-refractivity contribution in [3.8, 4) is 11.5 Å². The van der Waals surface area contributed by atoms with Crippen LogP contribution in [0.15, 0.2) is 45.0 Å². The van der Waals surface area contributed by atoms with Crippen LogP contribution in [0.1, 0.15) is 11.3 Å². The molecule has 0 aliphatic carbocycles. The summed E-state index contributed by atoms with van der Waals surface area (Å²) < 4.78 is 15.9. The first-order chi connectivity index (χ1) is 14.3. The second-order valence-electron chi connectivity index (χ2n) is 5.99. The van der Waals surface area contributed by atoms with Crippen LogP contribution in [0.3, 0.4) is 0 Å². The maximum atomic E-state index is 12.8. The normalized spacial score (nSPS) is 15.3. The van der Waals surface area contributed by atoms with E-state index in [1.165, 1.54) is 31.6 Å². The van der Waals surface area contributed by atoms with Crippen LogP contribution in [0.25, 0.3) is 6.08 Å². The van der Waals surface area contributed by atoms with E-state index >= 15 is 0 Å². The van der Waals surface area contributed by atoms with Gasteiger partial charge in [0, 0.05) is 4.47 Å². The van der Waals surface area contributed by atoms with Crippen molar-refractivity contribution in [3.05, 3.63) is 51.9 Å². The van der Waals surface area contributed by atoms with Gasteiger partial charge in [-0.2, -0.15) is 0 Å². The van der Waals surface area contributed by atoms with Crippen molar-refractivity contribution in [1.82, 2.24) is 10.2 Å². The van der Waals surface area contributed by atoms with Crippen LogP contribution in [0.5, 0.6) is 11.5 Å². The van der Waals surface area contributed by atoms with Gasteiger partial charge in [-0.1, -0.05) is 15.9 Å². The standard InChI is InChI=1S/C19H15BrN2O8/c1-28-14-6-10(13(20)7-15(14)30-9-16(23)24)5-12-17(25)21-19(27)22(18(12)26)8-11-3-2-4-29-11/h2-7H,8-9H2,1H3,(H,23,24)(H,21,25,27). The molecule has 11 heteroatoms. The first-order valence-electron chi connectivity index (χ1n) is 8.43. The highest BCUT2D eigenvalue weighted by atomic mass is 79.9. The number of halogens is 1. The molecule has 2 N–H and O–H groups in total. The van der Waals surface area contributed by atoms with E-state index in [9.17, 15) is 19.2 Å². The Hall–Kier alpha value is -3.60. The molecule has 0 radical (unpaired) electrons. The number of urea groups is 1. The molecule has 0 bridgehead atoms. The van der Waals surface area contributed by atoms with Gasteiger partial charge in [-0.3, -0.25) is 19.8 Å². The number of methoxy groups -OCH3 is 1. The van der Waals surface area contributed by atoms with Gasteiger partial charge in [-0.25, -0.2) is 9.59 Å². The molecular weight excluding hydrogens is 464 g/mol. The summed E-state index contributed by atoms with van der Waals surface area (Å²) in [7, 11) is 1.36. The zero-order chi connectivity index (χ0) is 21.8. The van der Waals surface area contributed by atoms with Gasteiger partial charge in [0.2, 0.25) is 0 Å². The van der Waals surface area contributed by atoms with E-state index < -0.39 is 30.4 Å². The van der Waals surface area contributed by atoms with E-state index in [1.807, 2.05) is 0 Å². The maximum absolute atomic E-state index is 12.8. The fourth-order valence-electron chi connectivity index (χ4n) is 2.62. The Kier molecular flexibility index (Phi) is 6.21. The summed E-state index contributed by atoms with van der Waals surface area (Å²) in [5, 5.41) is 10.9. The van der Waals surface area contributed by atoms with Gasteiger partial charge >= 0.3 is 12.0 Å². The number of aliphatic carboxylic acids is 1. The van der Waals surface area contributed by atoms with Gasteiger partial charge < -0.3 is 19.0 Å². The molecule has 30 heavy (non-hydrogen) atoms. The highest BCUT2D eigenvalue weighted by Gasteiger charge is 2.36. The summed E-state index contributed by atoms with van der Waals surface area (Å²) >= 11 is 3.29. The van der Waals surface area contributed by atoms with Crippen LogP contribution in [0.4, 0.5) is 4.79 Å². The Labute approximate surface area is 178 Å². The van der Waals surface area contributed by atoms with Gasteiger partial charge in [0.1, 0.15) is 11.3 Å². The fourth-order valence-corrected chi connectivity index (χ4v) is 3.06. The number of hydrogen-bond donors (Lipinski definition) is 2. The molecule has 0 spiro atoms. The van der Waals surface area contributed by atoms with Gasteiger partial charge in [0.15, 0.2) is 18.1 Å². The average molecular weight is 479 g/mol. The summed E-state index contributed by atoms with van der Waals surface area (Å²) in [5.74, 6) is -2.09. The van der Waals surface area contributed by atoms with E-state index in [-0.39, 0.29) is 23.6 Å². The number of carboxylic acid groups (broad SMARTS) is 1. The molecule has 2 heterocycles. The Bertz CT molecular complexity index is 1050. The molecule has 0 unspecified atom stereocenters. The minimum Gasteiger partial charge on any atom is -0.493 e. The number of furan rings is 1. The first-order valence-corrected chi connectivity index (χ1v) is 9.23. The number of carboxylic acids is 1. The molecule has 1 aliphatic rings. The summed E-state index contributed by atoms with van der Waals surface area (Å²) in [4.78, 5) is 48.7. The molecule has 1 aromatic carbocycles. The molecule has 3 rings (SSSR count). The van der Waals surface area contributed by atoms with E-state index in [2.05, 4.69) is 21.2 Å². The molecule has 1 fully saturated rings. The smallest absolute Gasteiger partial charge is 0.341 e. The van der Waals surface area contributed by atoms with E-state index in [0.29, 0.717) is 15.8 Å². The van der Waals surface area contributed by atoms with E-state index in [1.54, 1.807) is 12.1 Å². The van der Waals surface area contributed by atoms with Gasteiger partial charge in [-0.05, 0) is 35.9 Å². The maximum Gasteiger partial charge on any atom is 0.341 e. The summed E-state index contributed by atoms with van der Waals surface area (Å²) in [6.45, 7) is -0.720. The SMILES string of the molecule is COc1cc(C=C2C(=O)NC(=O)N(Cc3ccco3)C2=O)c(Br)cc1OCC(=O)O. The molecule has 0 atom stereocenters. The number of hydrogen-bond acceptors (Lipinski definition) is 7. The van der Waals surface area contributed by atoms with E-state index in [0.717, 1.165) is 4.90 Å². The monoisotopic (exact) mass is 478 g/mol. The van der Waals surface area contributed by atoms with Crippen molar-refractivity contribution in [1.29, 1.82) is 0 Å². The highest BCUT2D eigenvalue weighted by Crippen LogP contribution is 2.35. The summed E-state index contributed by atoms with van der Waals surface area (Å²) in [5.41, 5.74) is 0.100. The van der Waals surface area contributed by atoms with E-state index in [4.69, 9.17) is 19.0 Å². The number of benzene rings is 1. The third-order valence-electron chi connectivity index (χ3n) is 4.01. The number of imide groups is 2. The zero-order valence-electron chi connectivity index (χ0n) is 15.5. The van der Waals surface area contributed by atoms with Crippen LogP contribution in [-0.4, -0.2) is 47.5 Å². The lowest BCUT2D eigenvalue weighted by Gasteiger charge is -2.25. The summed E-state index contributed by atoms with van der Waals surface area (Å²) in [6, 6.07) is 5.26. The molecule has 2 aromatic rings. The minimum atomic E-state index is -1.16. The Morgan fingerprint density at radius 3 is 2.70 bits per heavy atom. The third-order valence-corrected chi connectivity index (χ3v) is 4.70. The van der Waals surface area contributed by atoms with Gasteiger partial charge in [-0.15, -0.1) is 0 Å². The van der Waals surface area contributed by atoms with Crippen molar-refractivity contribution in [2.24, 2.45) is 0 Å². The number of ether oxygens (including phenoxy) is 2. The molecule has 156 valence electrons.